The predicted molar refractivity (Wildman–Crippen MR) is 72.4 cm³/mol. The van der Waals surface area contributed by atoms with Gasteiger partial charge in [-0.05, 0) is 12.0 Å². The predicted octanol–water partition coefficient (Wildman–Crippen LogP) is 3.56. The Morgan fingerprint density at radius 1 is 1.39 bits per heavy atom. The summed E-state index contributed by atoms with van der Waals surface area (Å²) in [7, 11) is 0. The molecule has 1 aromatic carbocycles. The highest BCUT2D eigenvalue weighted by Gasteiger charge is 2.19. The molecule has 1 atom stereocenters. The van der Waals surface area contributed by atoms with Gasteiger partial charge in [0.2, 0.25) is 0 Å². The van der Waals surface area contributed by atoms with Crippen LogP contribution in [0.2, 0.25) is 0 Å². The topological polar surface area (TPSA) is 50.2 Å². The molecule has 0 saturated heterocycles. The number of rotatable bonds is 4. The minimum Gasteiger partial charge on any atom is -0.477 e. The van der Waals surface area contributed by atoms with Crippen LogP contribution in [0.4, 0.5) is 0 Å². The number of hydrogen-bond donors (Lipinski definition) is 1. The second-order valence-electron chi connectivity index (χ2n) is 4.12. The SMILES string of the molecule is CCc1nc(C(C)c2ccccc2)sc1C(=O)O. The molecular formula is C14H15NO2S. The molecular weight excluding hydrogens is 246 g/mol. The van der Waals surface area contributed by atoms with Gasteiger partial charge in [0.1, 0.15) is 9.88 Å². The van der Waals surface area contributed by atoms with E-state index in [2.05, 4.69) is 11.9 Å². The molecule has 1 unspecified atom stereocenters. The van der Waals surface area contributed by atoms with Crippen LogP contribution >= 0.6 is 11.3 Å². The Morgan fingerprint density at radius 3 is 2.56 bits per heavy atom. The number of hydrogen-bond acceptors (Lipinski definition) is 3. The molecule has 0 saturated carbocycles. The van der Waals surface area contributed by atoms with Crippen molar-refractivity contribution in [2.75, 3.05) is 0 Å². The minimum absolute atomic E-state index is 0.134. The zero-order valence-corrected chi connectivity index (χ0v) is 11.2. The summed E-state index contributed by atoms with van der Waals surface area (Å²) in [6, 6.07) is 10.0. The van der Waals surface area contributed by atoms with Gasteiger partial charge in [-0.2, -0.15) is 0 Å². The summed E-state index contributed by atoms with van der Waals surface area (Å²) in [6.07, 6.45) is 0.652. The van der Waals surface area contributed by atoms with Gasteiger partial charge >= 0.3 is 5.97 Å². The Kier molecular flexibility index (Phi) is 3.77. The molecule has 0 spiro atoms. The van der Waals surface area contributed by atoms with E-state index in [1.165, 1.54) is 11.3 Å². The van der Waals surface area contributed by atoms with Crippen molar-refractivity contribution in [2.45, 2.75) is 26.2 Å². The smallest absolute Gasteiger partial charge is 0.347 e. The highest BCUT2D eigenvalue weighted by atomic mass is 32.1. The molecule has 1 N–H and O–H groups in total. The number of nitrogens with zero attached hydrogens (tertiary/aromatic N) is 1. The number of thiazole rings is 1. The average molecular weight is 261 g/mol. The molecule has 2 rings (SSSR count). The summed E-state index contributed by atoms with van der Waals surface area (Å²) in [5, 5.41) is 10.0. The highest BCUT2D eigenvalue weighted by molar-refractivity contribution is 7.13. The van der Waals surface area contributed by atoms with Crippen LogP contribution in [-0.4, -0.2) is 16.1 Å². The molecule has 18 heavy (non-hydrogen) atoms. The maximum Gasteiger partial charge on any atom is 0.347 e. The van der Waals surface area contributed by atoms with Crippen LogP contribution in [-0.2, 0) is 6.42 Å². The second-order valence-corrected chi connectivity index (χ2v) is 5.15. The molecule has 0 aliphatic carbocycles. The van der Waals surface area contributed by atoms with Crippen molar-refractivity contribution in [3.05, 3.63) is 51.5 Å². The summed E-state index contributed by atoms with van der Waals surface area (Å²) in [5.41, 5.74) is 1.84. The zero-order valence-electron chi connectivity index (χ0n) is 10.4. The first-order chi connectivity index (χ1) is 8.63. The van der Waals surface area contributed by atoms with Crippen molar-refractivity contribution >= 4 is 17.3 Å². The Bertz CT molecular complexity index is 548. The molecule has 0 radical (unpaired) electrons. The molecule has 4 heteroatoms. The lowest BCUT2D eigenvalue weighted by molar-refractivity contribution is 0.0701. The van der Waals surface area contributed by atoms with Crippen LogP contribution in [0.1, 0.15) is 45.7 Å². The number of aryl methyl sites for hydroxylation is 1. The third kappa shape index (κ3) is 2.43. The number of benzene rings is 1. The maximum absolute atomic E-state index is 11.1. The lowest BCUT2D eigenvalue weighted by Crippen LogP contribution is -1.97. The van der Waals surface area contributed by atoms with Gasteiger partial charge in [-0.15, -0.1) is 11.3 Å². The van der Waals surface area contributed by atoms with Gasteiger partial charge in [0, 0.05) is 5.92 Å². The first-order valence-electron chi connectivity index (χ1n) is 5.91. The van der Waals surface area contributed by atoms with E-state index in [1.54, 1.807) is 0 Å². The minimum atomic E-state index is -0.879. The molecule has 0 bridgehead atoms. The van der Waals surface area contributed by atoms with Crippen molar-refractivity contribution in [1.29, 1.82) is 0 Å². The molecule has 1 aromatic heterocycles. The molecule has 1 heterocycles. The van der Waals surface area contributed by atoms with Crippen LogP contribution in [0.3, 0.4) is 0 Å². The van der Waals surface area contributed by atoms with Crippen LogP contribution < -0.4 is 0 Å². The normalized spacial score (nSPS) is 12.3. The molecule has 0 aliphatic rings. The Labute approximate surface area is 110 Å². The van der Waals surface area contributed by atoms with Gasteiger partial charge < -0.3 is 5.11 Å². The Hall–Kier alpha value is -1.68. The molecule has 94 valence electrons. The number of carbonyl (C=O) groups is 1. The van der Waals surface area contributed by atoms with Gasteiger partial charge in [-0.1, -0.05) is 44.2 Å². The van der Waals surface area contributed by atoms with Crippen LogP contribution in [0.25, 0.3) is 0 Å². The van der Waals surface area contributed by atoms with Crippen LogP contribution in [0, 0.1) is 0 Å². The number of aromatic nitrogens is 1. The lowest BCUT2D eigenvalue weighted by Gasteiger charge is -2.07. The third-order valence-electron chi connectivity index (χ3n) is 2.91. The molecule has 0 amide bonds. The summed E-state index contributed by atoms with van der Waals surface area (Å²) in [6.45, 7) is 3.98. The van der Waals surface area contributed by atoms with Crippen molar-refractivity contribution in [3.63, 3.8) is 0 Å². The number of carboxylic acids is 1. The van der Waals surface area contributed by atoms with Gasteiger partial charge in [0.05, 0.1) is 5.69 Å². The van der Waals surface area contributed by atoms with Crippen LogP contribution in [0.15, 0.2) is 30.3 Å². The molecule has 3 nitrogen and oxygen atoms in total. The first-order valence-corrected chi connectivity index (χ1v) is 6.73. The van der Waals surface area contributed by atoms with E-state index in [0.29, 0.717) is 17.0 Å². The third-order valence-corrected chi connectivity index (χ3v) is 4.18. The number of aromatic carboxylic acids is 1. The highest BCUT2D eigenvalue weighted by Crippen LogP contribution is 2.30. The van der Waals surface area contributed by atoms with Crippen LogP contribution in [0.5, 0.6) is 0 Å². The lowest BCUT2D eigenvalue weighted by atomic mass is 10.0. The molecule has 0 aliphatic heterocycles. The fourth-order valence-corrected chi connectivity index (χ4v) is 2.92. The van der Waals surface area contributed by atoms with Gasteiger partial charge in [0.15, 0.2) is 0 Å². The average Bonchev–Trinajstić information content (AvgIpc) is 2.83. The van der Waals surface area contributed by atoms with Crippen molar-refractivity contribution < 1.29 is 9.90 Å². The van der Waals surface area contributed by atoms with E-state index >= 15 is 0 Å². The van der Waals surface area contributed by atoms with E-state index in [9.17, 15) is 4.79 Å². The molecule has 0 fully saturated rings. The number of carboxylic acid groups (broad SMARTS) is 1. The summed E-state index contributed by atoms with van der Waals surface area (Å²) >= 11 is 1.28. The van der Waals surface area contributed by atoms with Gasteiger partial charge in [-0.3, -0.25) is 0 Å². The zero-order chi connectivity index (χ0) is 13.1. The monoisotopic (exact) mass is 261 g/mol. The van der Waals surface area contributed by atoms with E-state index < -0.39 is 5.97 Å². The first kappa shape index (κ1) is 12.8. The summed E-state index contributed by atoms with van der Waals surface area (Å²) in [5.74, 6) is -0.745. The second kappa shape index (κ2) is 5.31. The van der Waals surface area contributed by atoms with Crippen molar-refractivity contribution in [2.24, 2.45) is 0 Å². The van der Waals surface area contributed by atoms with Crippen molar-refractivity contribution in [1.82, 2.24) is 4.98 Å². The summed E-state index contributed by atoms with van der Waals surface area (Å²) < 4.78 is 0. The quantitative estimate of drug-likeness (QED) is 0.915. The van der Waals surface area contributed by atoms with Crippen molar-refractivity contribution in [3.8, 4) is 0 Å². The van der Waals surface area contributed by atoms with E-state index in [-0.39, 0.29) is 5.92 Å². The summed E-state index contributed by atoms with van der Waals surface area (Å²) in [4.78, 5) is 16.0. The Morgan fingerprint density at radius 2 is 2.06 bits per heavy atom. The molecule has 2 aromatic rings. The van der Waals surface area contributed by atoms with Gasteiger partial charge in [0.25, 0.3) is 0 Å². The maximum atomic E-state index is 11.1. The largest absolute Gasteiger partial charge is 0.477 e. The van der Waals surface area contributed by atoms with Gasteiger partial charge in [-0.25, -0.2) is 9.78 Å². The van der Waals surface area contributed by atoms with E-state index in [0.717, 1.165) is 10.6 Å². The fourth-order valence-electron chi connectivity index (χ4n) is 1.85. The van der Waals surface area contributed by atoms with E-state index in [1.807, 2.05) is 37.3 Å². The standard InChI is InChI=1S/C14H15NO2S/c1-3-11-12(14(16)17)18-13(15-11)9(2)10-7-5-4-6-8-10/h4-9H,3H2,1-2H3,(H,16,17). The Balaban J connectivity index is 2.37. The fraction of sp³-hybridized carbons (Fsp3) is 0.286. The van der Waals surface area contributed by atoms with E-state index in [4.69, 9.17) is 5.11 Å².